The molecule has 5 nitrogen and oxygen atoms in total. The molecule has 0 radical (unpaired) electrons. The highest BCUT2D eigenvalue weighted by atomic mass is 16.6. The normalized spacial score (nSPS) is 13.0. The zero-order valence-electron chi connectivity index (χ0n) is 6.66. The predicted octanol–water partition coefficient (Wildman–Crippen LogP) is 0.428. The van der Waals surface area contributed by atoms with Crippen LogP contribution >= 0.6 is 0 Å². The van der Waals surface area contributed by atoms with E-state index in [-0.39, 0.29) is 11.4 Å². The Balaban J connectivity index is 4.38. The summed E-state index contributed by atoms with van der Waals surface area (Å²) in [5.41, 5.74) is 0.145. The first-order chi connectivity index (χ1) is 5.13. The third-order valence-corrected chi connectivity index (χ3v) is 1.04. The summed E-state index contributed by atoms with van der Waals surface area (Å²) in [4.78, 5) is 15.3. The third-order valence-electron chi connectivity index (χ3n) is 1.04. The average Bonchev–Trinajstić information content (AvgIpc) is 2.02. The van der Waals surface area contributed by atoms with Crippen LogP contribution in [0.5, 0.6) is 0 Å². The van der Waals surface area contributed by atoms with Crippen molar-refractivity contribution in [2.45, 2.75) is 13.8 Å². The summed E-state index contributed by atoms with van der Waals surface area (Å²) in [6.07, 6.45) is 0. The number of oxime groups is 2. The van der Waals surface area contributed by atoms with Gasteiger partial charge in [0, 0.05) is 0 Å². The molecule has 0 amide bonds. The van der Waals surface area contributed by atoms with Gasteiger partial charge in [-0.25, -0.2) is 0 Å². The molecule has 0 saturated carbocycles. The first-order valence-corrected chi connectivity index (χ1v) is 2.94. The second-order valence-corrected chi connectivity index (χ2v) is 1.87. The molecule has 11 heavy (non-hydrogen) atoms. The Morgan fingerprint density at radius 3 is 2.27 bits per heavy atom. The van der Waals surface area contributed by atoms with E-state index in [1.54, 1.807) is 0 Å². The van der Waals surface area contributed by atoms with E-state index in [9.17, 15) is 4.79 Å². The predicted molar refractivity (Wildman–Crippen MR) is 40.0 cm³/mol. The van der Waals surface area contributed by atoms with Crippen molar-refractivity contribution in [1.82, 2.24) is 0 Å². The van der Waals surface area contributed by atoms with E-state index in [0.29, 0.717) is 0 Å². The van der Waals surface area contributed by atoms with Crippen LogP contribution in [0.2, 0.25) is 0 Å². The van der Waals surface area contributed by atoms with Gasteiger partial charge in [0.25, 0.3) is 0 Å². The lowest BCUT2D eigenvalue weighted by atomic mass is 10.2. The van der Waals surface area contributed by atoms with Gasteiger partial charge in [-0.15, -0.1) is 0 Å². The topological polar surface area (TPSA) is 71.2 Å². The van der Waals surface area contributed by atoms with Gasteiger partial charge >= 0.3 is 0 Å². The Bertz CT molecular complexity index is 208. The Labute approximate surface area is 64.3 Å². The molecule has 0 aliphatic heterocycles. The smallest absolute Gasteiger partial charge is 0.227 e. The lowest BCUT2D eigenvalue weighted by molar-refractivity contribution is -0.107. The van der Waals surface area contributed by atoms with Gasteiger partial charge < -0.3 is 10.0 Å². The van der Waals surface area contributed by atoms with Crippen LogP contribution in [0.4, 0.5) is 0 Å². The average molecular weight is 158 g/mol. The summed E-state index contributed by atoms with van der Waals surface area (Å²) in [5, 5.41) is 14.3. The minimum atomic E-state index is -0.436. The van der Waals surface area contributed by atoms with Gasteiger partial charge in [-0.05, 0) is 13.8 Å². The van der Waals surface area contributed by atoms with E-state index < -0.39 is 5.78 Å². The molecule has 0 spiro atoms. The van der Waals surface area contributed by atoms with Crippen LogP contribution in [-0.2, 0) is 9.63 Å². The molecule has 1 N–H and O–H groups in total. The number of ketones is 1. The lowest BCUT2D eigenvalue weighted by Crippen LogP contribution is -2.19. The van der Waals surface area contributed by atoms with E-state index in [0.717, 1.165) is 0 Å². The number of rotatable bonds is 3. The summed E-state index contributed by atoms with van der Waals surface area (Å²) in [7, 11) is 1.34. The number of hydrogen-bond acceptors (Lipinski definition) is 5. The van der Waals surface area contributed by atoms with Gasteiger partial charge in [0.2, 0.25) is 5.78 Å². The summed E-state index contributed by atoms with van der Waals surface area (Å²) in [5.74, 6) is -0.436. The number of Topliss-reactive ketones (excluding diaryl/α,β-unsaturated/α-hetero) is 1. The highest BCUT2D eigenvalue weighted by Gasteiger charge is 2.10. The second kappa shape index (κ2) is 4.43. The van der Waals surface area contributed by atoms with Crippen LogP contribution in [-0.4, -0.2) is 29.5 Å². The van der Waals surface area contributed by atoms with Gasteiger partial charge in [-0.2, -0.15) is 0 Å². The van der Waals surface area contributed by atoms with Gasteiger partial charge in [-0.3, -0.25) is 4.79 Å². The molecule has 0 rings (SSSR count). The van der Waals surface area contributed by atoms with Gasteiger partial charge in [0.05, 0.1) is 0 Å². The Hall–Kier alpha value is -1.39. The van der Waals surface area contributed by atoms with Crippen LogP contribution in [0.25, 0.3) is 0 Å². The molecule has 0 aromatic heterocycles. The lowest BCUT2D eigenvalue weighted by Gasteiger charge is -1.94. The van der Waals surface area contributed by atoms with E-state index in [4.69, 9.17) is 5.21 Å². The Morgan fingerprint density at radius 2 is 1.91 bits per heavy atom. The van der Waals surface area contributed by atoms with E-state index in [1.807, 2.05) is 0 Å². The van der Waals surface area contributed by atoms with Gasteiger partial charge in [0.15, 0.2) is 0 Å². The number of nitrogens with zero attached hydrogens (tertiary/aromatic N) is 2. The summed E-state index contributed by atoms with van der Waals surface area (Å²) >= 11 is 0. The molecule has 0 aliphatic carbocycles. The van der Waals surface area contributed by atoms with Crippen LogP contribution in [0.3, 0.4) is 0 Å². The molecule has 0 fully saturated rings. The Morgan fingerprint density at radius 1 is 1.36 bits per heavy atom. The molecule has 5 heteroatoms. The molecular formula is C6H10N2O3. The van der Waals surface area contributed by atoms with Crippen molar-refractivity contribution in [3.05, 3.63) is 0 Å². The van der Waals surface area contributed by atoms with Crippen molar-refractivity contribution in [1.29, 1.82) is 0 Å². The zero-order chi connectivity index (χ0) is 8.85. The van der Waals surface area contributed by atoms with E-state index in [1.165, 1.54) is 21.0 Å². The number of carbonyl (C=O) groups is 1. The fourth-order valence-electron chi connectivity index (χ4n) is 0.486. The molecule has 0 aromatic rings. The van der Waals surface area contributed by atoms with Crippen LogP contribution in [0, 0.1) is 0 Å². The monoisotopic (exact) mass is 158 g/mol. The van der Waals surface area contributed by atoms with E-state index in [2.05, 4.69) is 15.1 Å². The van der Waals surface area contributed by atoms with Crippen LogP contribution < -0.4 is 0 Å². The quantitative estimate of drug-likeness (QED) is 0.367. The van der Waals surface area contributed by atoms with Crippen LogP contribution in [0.15, 0.2) is 10.3 Å². The van der Waals surface area contributed by atoms with Gasteiger partial charge in [0.1, 0.15) is 18.5 Å². The summed E-state index contributed by atoms with van der Waals surface area (Å²) < 4.78 is 0. The fraction of sp³-hybridized carbons (Fsp3) is 0.500. The van der Waals surface area contributed by atoms with E-state index >= 15 is 0 Å². The molecule has 62 valence electrons. The first-order valence-electron chi connectivity index (χ1n) is 2.94. The number of hydrogen-bond donors (Lipinski definition) is 1. The molecular weight excluding hydrogens is 148 g/mol. The highest BCUT2D eigenvalue weighted by molar-refractivity contribution is 6.65. The molecule has 0 unspecified atom stereocenters. The Kier molecular flexibility index (Phi) is 3.87. The van der Waals surface area contributed by atoms with Crippen LogP contribution in [0.1, 0.15) is 13.8 Å². The maximum absolute atomic E-state index is 11.0. The molecule has 0 heterocycles. The van der Waals surface area contributed by atoms with Crippen molar-refractivity contribution >= 4 is 17.2 Å². The van der Waals surface area contributed by atoms with Crippen molar-refractivity contribution in [3.63, 3.8) is 0 Å². The molecule has 0 aromatic carbocycles. The van der Waals surface area contributed by atoms with Crippen molar-refractivity contribution in [3.8, 4) is 0 Å². The first kappa shape index (κ1) is 9.61. The second-order valence-electron chi connectivity index (χ2n) is 1.87. The summed E-state index contributed by atoms with van der Waals surface area (Å²) in [6.45, 7) is 2.86. The maximum atomic E-state index is 11.0. The zero-order valence-corrected chi connectivity index (χ0v) is 6.66. The van der Waals surface area contributed by atoms with Crippen molar-refractivity contribution in [2.24, 2.45) is 10.3 Å². The number of carbonyl (C=O) groups excluding carboxylic acids is 1. The highest BCUT2D eigenvalue weighted by Crippen LogP contribution is 1.85. The largest absolute Gasteiger partial charge is 0.411 e. The maximum Gasteiger partial charge on any atom is 0.227 e. The minimum Gasteiger partial charge on any atom is -0.411 e. The van der Waals surface area contributed by atoms with Gasteiger partial charge in [-0.1, -0.05) is 10.3 Å². The molecule has 0 bridgehead atoms. The third kappa shape index (κ3) is 2.79. The fourth-order valence-corrected chi connectivity index (χ4v) is 0.486. The SMILES string of the molecule is CO/N=C(\C)C(=O)/C(C)=N/O. The van der Waals surface area contributed by atoms with Crippen molar-refractivity contribution in [2.75, 3.05) is 7.11 Å². The molecule has 0 aliphatic rings. The minimum absolute atomic E-state index is 0.0108. The van der Waals surface area contributed by atoms with Crippen molar-refractivity contribution < 1.29 is 14.8 Å². The molecule has 0 atom stereocenters. The summed E-state index contributed by atoms with van der Waals surface area (Å²) in [6, 6.07) is 0. The standard InChI is InChI=1S/C6H10N2O3/c1-4(7-10)6(9)5(2)8-11-3/h10H,1-3H3/b7-4+,8-5+. The molecule has 0 saturated heterocycles.